The topological polar surface area (TPSA) is 12.0 Å². The predicted octanol–water partition coefficient (Wildman–Crippen LogP) is 3.52. The van der Waals surface area contributed by atoms with E-state index in [1.807, 2.05) is 0 Å². The van der Waals surface area contributed by atoms with Crippen molar-refractivity contribution in [2.24, 2.45) is 5.92 Å². The van der Waals surface area contributed by atoms with Crippen LogP contribution >= 0.6 is 0 Å². The Hall–Kier alpha value is -0.763. The van der Waals surface area contributed by atoms with Crippen LogP contribution in [0.4, 0.5) is 0 Å². The molecule has 2 atom stereocenters. The van der Waals surface area contributed by atoms with Crippen LogP contribution in [0.2, 0.25) is 11.1 Å². The Kier molecular flexibility index (Phi) is 3.38. The Labute approximate surface area is 101 Å². The molecule has 16 heavy (non-hydrogen) atoms. The van der Waals surface area contributed by atoms with Crippen molar-refractivity contribution in [1.82, 2.24) is 5.32 Å². The Morgan fingerprint density at radius 2 is 2.12 bits per heavy atom. The highest BCUT2D eigenvalue weighted by atomic mass is 28.3. The fourth-order valence-electron chi connectivity index (χ4n) is 3.25. The summed E-state index contributed by atoms with van der Waals surface area (Å²) in [6.45, 7) is 7.35. The van der Waals surface area contributed by atoms with Gasteiger partial charge in [0.1, 0.15) is 0 Å². The maximum Gasteiger partial charge on any atom is 0.0970 e. The third-order valence-corrected chi connectivity index (χ3v) is 8.13. The van der Waals surface area contributed by atoms with Gasteiger partial charge < -0.3 is 5.32 Å². The van der Waals surface area contributed by atoms with E-state index in [-0.39, 0.29) is 0 Å². The summed E-state index contributed by atoms with van der Waals surface area (Å²) >= 11 is 0. The molecule has 2 unspecified atom stereocenters. The number of allylic oxidation sites excluding steroid dienone is 4. The zero-order chi connectivity index (χ0) is 11.6. The quantitative estimate of drug-likeness (QED) is 0.683. The van der Waals surface area contributed by atoms with Crippen LogP contribution in [-0.4, -0.2) is 8.80 Å². The van der Waals surface area contributed by atoms with Crippen LogP contribution in [0.5, 0.6) is 0 Å². The van der Waals surface area contributed by atoms with Crippen molar-refractivity contribution in [1.29, 1.82) is 0 Å². The van der Waals surface area contributed by atoms with E-state index in [9.17, 15) is 0 Å². The molecule has 0 aliphatic carbocycles. The predicted molar refractivity (Wildman–Crippen MR) is 73.9 cm³/mol. The van der Waals surface area contributed by atoms with Crippen molar-refractivity contribution >= 4 is 8.80 Å². The minimum Gasteiger partial charge on any atom is -0.369 e. The molecule has 0 amide bonds. The van der Waals surface area contributed by atoms with Gasteiger partial charge in [-0.25, -0.2) is 0 Å². The Bertz CT molecular complexity index is 339. The molecule has 0 spiro atoms. The summed E-state index contributed by atoms with van der Waals surface area (Å²) in [4.78, 5) is 0. The van der Waals surface area contributed by atoms with Crippen LogP contribution in [0.25, 0.3) is 0 Å². The van der Waals surface area contributed by atoms with E-state index in [0.29, 0.717) is 5.04 Å². The van der Waals surface area contributed by atoms with Crippen LogP contribution < -0.4 is 5.32 Å². The first-order valence-corrected chi connectivity index (χ1v) is 8.36. The van der Waals surface area contributed by atoms with Gasteiger partial charge in [-0.1, -0.05) is 45.4 Å². The number of hydrogen-bond donors (Lipinski definition) is 1. The molecule has 2 aliphatic rings. The second kappa shape index (κ2) is 4.62. The van der Waals surface area contributed by atoms with Gasteiger partial charge in [-0.3, -0.25) is 0 Å². The van der Waals surface area contributed by atoms with Gasteiger partial charge in [-0.15, -0.1) is 0 Å². The van der Waals surface area contributed by atoms with Gasteiger partial charge in [-0.05, 0) is 34.8 Å². The molecule has 0 bridgehead atoms. The van der Waals surface area contributed by atoms with Gasteiger partial charge in [0.15, 0.2) is 0 Å². The smallest absolute Gasteiger partial charge is 0.0970 e. The molecule has 0 aromatic heterocycles. The van der Waals surface area contributed by atoms with Crippen molar-refractivity contribution in [3.05, 3.63) is 35.8 Å². The molecular formula is C14H23NSi. The molecule has 1 saturated heterocycles. The first-order chi connectivity index (χ1) is 7.59. The zero-order valence-electron chi connectivity index (χ0n) is 10.7. The van der Waals surface area contributed by atoms with Crippen molar-refractivity contribution in [2.75, 3.05) is 0 Å². The zero-order valence-corrected chi connectivity index (χ0v) is 11.8. The third kappa shape index (κ3) is 2.49. The lowest BCUT2D eigenvalue weighted by molar-refractivity contribution is 0.406. The highest BCUT2D eigenvalue weighted by Gasteiger charge is 2.38. The van der Waals surface area contributed by atoms with E-state index in [2.05, 4.69) is 56.6 Å². The fraction of sp³-hybridized carbons (Fsp3) is 0.571. The first kappa shape index (κ1) is 11.7. The van der Waals surface area contributed by atoms with Crippen LogP contribution in [0.1, 0.15) is 33.6 Å². The van der Waals surface area contributed by atoms with Crippen LogP contribution in [-0.2, 0) is 0 Å². The Balaban J connectivity index is 2.17. The van der Waals surface area contributed by atoms with E-state index < -0.39 is 8.80 Å². The highest BCUT2D eigenvalue weighted by molar-refractivity contribution is 6.69. The fourth-order valence-corrected chi connectivity index (χ4v) is 7.41. The molecule has 0 saturated carbocycles. The highest BCUT2D eigenvalue weighted by Crippen LogP contribution is 2.46. The maximum atomic E-state index is 3.50. The van der Waals surface area contributed by atoms with Gasteiger partial charge in [0.05, 0.1) is 8.80 Å². The molecule has 88 valence electrons. The SMILES string of the molecule is CC1CC[SiH](C2=CC=CC=CN2)C(C)(C)C1. The second-order valence-corrected chi connectivity index (χ2v) is 9.81. The lowest BCUT2D eigenvalue weighted by Crippen LogP contribution is -2.39. The lowest BCUT2D eigenvalue weighted by atomic mass is 9.95. The van der Waals surface area contributed by atoms with Crippen LogP contribution in [0.3, 0.4) is 0 Å². The lowest BCUT2D eigenvalue weighted by Gasteiger charge is -2.41. The van der Waals surface area contributed by atoms with Crippen molar-refractivity contribution in [3.63, 3.8) is 0 Å². The largest absolute Gasteiger partial charge is 0.369 e. The molecule has 0 aromatic rings. The standard InChI is InChI=1S/C14H23NSi/c1-12-8-10-16(14(2,3)11-12)13-7-5-4-6-9-15-13/h4-7,9,12,15-16H,8,10-11H2,1-3H3. The molecule has 2 rings (SSSR count). The summed E-state index contributed by atoms with van der Waals surface area (Å²) in [6, 6.07) is 1.45. The van der Waals surface area contributed by atoms with Gasteiger partial charge in [-0.2, -0.15) is 0 Å². The second-order valence-electron chi connectivity index (χ2n) is 5.94. The summed E-state index contributed by atoms with van der Waals surface area (Å²) in [5, 5.41) is 5.59. The van der Waals surface area contributed by atoms with Gasteiger partial charge in [0.2, 0.25) is 0 Å². The molecular weight excluding hydrogens is 210 g/mol. The summed E-state index contributed by atoms with van der Waals surface area (Å²) in [5.41, 5.74) is 0. The first-order valence-electron chi connectivity index (χ1n) is 6.39. The molecule has 1 nitrogen and oxygen atoms in total. The van der Waals surface area contributed by atoms with E-state index >= 15 is 0 Å². The minimum atomic E-state index is -0.836. The monoisotopic (exact) mass is 233 g/mol. The van der Waals surface area contributed by atoms with Crippen molar-refractivity contribution in [2.45, 2.75) is 44.7 Å². The normalized spacial score (nSPS) is 32.8. The molecule has 0 aromatic carbocycles. The average Bonchev–Trinajstić information content (AvgIpc) is 2.44. The summed E-state index contributed by atoms with van der Waals surface area (Å²) in [5.74, 6) is 0.913. The number of nitrogens with one attached hydrogen (secondary N) is 1. The third-order valence-electron chi connectivity index (χ3n) is 3.99. The average molecular weight is 233 g/mol. The van der Waals surface area contributed by atoms with E-state index in [0.717, 1.165) is 5.92 Å². The van der Waals surface area contributed by atoms with Gasteiger partial charge in [0.25, 0.3) is 0 Å². The van der Waals surface area contributed by atoms with E-state index in [1.54, 1.807) is 0 Å². The molecule has 2 aliphatic heterocycles. The molecule has 1 N–H and O–H groups in total. The minimum absolute atomic E-state index is 0.558. The maximum absolute atomic E-state index is 3.50. The number of hydrogen-bond acceptors (Lipinski definition) is 1. The summed E-state index contributed by atoms with van der Waals surface area (Å²) < 4.78 is 0. The molecule has 0 radical (unpaired) electrons. The molecule has 2 heterocycles. The van der Waals surface area contributed by atoms with Crippen molar-refractivity contribution < 1.29 is 0 Å². The van der Waals surface area contributed by atoms with Gasteiger partial charge >= 0.3 is 0 Å². The Morgan fingerprint density at radius 1 is 1.31 bits per heavy atom. The van der Waals surface area contributed by atoms with Crippen LogP contribution in [0, 0.1) is 5.92 Å². The molecule has 2 heteroatoms. The number of rotatable bonds is 1. The summed E-state index contributed by atoms with van der Waals surface area (Å²) in [6.07, 6.45) is 13.6. The van der Waals surface area contributed by atoms with Crippen molar-refractivity contribution in [3.8, 4) is 0 Å². The summed E-state index contributed by atoms with van der Waals surface area (Å²) in [7, 11) is -0.836. The Morgan fingerprint density at radius 3 is 2.88 bits per heavy atom. The van der Waals surface area contributed by atoms with Gasteiger partial charge in [0, 0.05) is 6.20 Å². The van der Waals surface area contributed by atoms with E-state index in [4.69, 9.17) is 0 Å². The van der Waals surface area contributed by atoms with E-state index in [1.165, 1.54) is 24.2 Å². The van der Waals surface area contributed by atoms with Crippen LogP contribution in [0.15, 0.2) is 35.8 Å². The molecule has 1 fully saturated rings.